The summed E-state index contributed by atoms with van der Waals surface area (Å²) in [4.78, 5) is 74.5. The van der Waals surface area contributed by atoms with Crippen molar-refractivity contribution in [2.45, 2.75) is 63.7 Å². The molecule has 16 nitrogen and oxygen atoms in total. The Morgan fingerprint density at radius 3 is 1.80 bits per heavy atom. The molecule has 0 aliphatic heterocycles. The van der Waals surface area contributed by atoms with Crippen LogP contribution in [0.25, 0.3) is 0 Å². The number of carbonyl (C=O) groups excluding carboxylic acids is 3. The first-order valence-corrected chi connectivity index (χ1v) is 10.5. The molecule has 0 aliphatic rings. The Labute approximate surface area is 200 Å². The van der Waals surface area contributed by atoms with E-state index in [9.17, 15) is 28.8 Å². The molecule has 0 aromatic heterocycles. The van der Waals surface area contributed by atoms with Crippen molar-refractivity contribution in [2.75, 3.05) is 6.54 Å². The molecule has 4 unspecified atom stereocenters. The number of carboxylic acids is 3. The van der Waals surface area contributed by atoms with Gasteiger partial charge in [-0.15, -0.1) is 0 Å². The number of nitrogens with one attached hydrogen (secondary N) is 3. The molecule has 0 heterocycles. The van der Waals surface area contributed by atoms with Crippen LogP contribution in [0.15, 0.2) is 4.99 Å². The normalized spacial score (nSPS) is 14.1. The number of guanidine groups is 1. The maximum absolute atomic E-state index is 12.9. The second kappa shape index (κ2) is 15.0. The van der Waals surface area contributed by atoms with Gasteiger partial charge < -0.3 is 48.5 Å². The molecule has 12 N–H and O–H groups in total. The van der Waals surface area contributed by atoms with E-state index in [-0.39, 0.29) is 25.3 Å². The predicted octanol–water partition coefficient (Wildman–Crippen LogP) is -3.49. The number of hydrogen-bond acceptors (Lipinski definition) is 8. The van der Waals surface area contributed by atoms with Gasteiger partial charge in [0.2, 0.25) is 17.7 Å². The number of nitrogens with two attached hydrogens (primary N) is 3. The van der Waals surface area contributed by atoms with Crippen LogP contribution in [0.3, 0.4) is 0 Å². The molecule has 0 aliphatic carbocycles. The minimum atomic E-state index is -1.73. The van der Waals surface area contributed by atoms with Crippen molar-refractivity contribution in [3.05, 3.63) is 0 Å². The molecule has 0 spiro atoms. The second-order valence-electron chi connectivity index (χ2n) is 7.94. The minimum absolute atomic E-state index is 0.0165. The van der Waals surface area contributed by atoms with Gasteiger partial charge in [-0.2, -0.15) is 0 Å². The summed E-state index contributed by atoms with van der Waals surface area (Å²) < 4.78 is 0. The fourth-order valence-corrected chi connectivity index (χ4v) is 2.76. The molecule has 0 radical (unpaired) electrons. The number of rotatable bonds is 16. The average molecular weight is 504 g/mol. The largest absolute Gasteiger partial charge is 0.481 e. The molecular formula is C19H33N7O9. The number of carbonyl (C=O) groups is 6. The summed E-state index contributed by atoms with van der Waals surface area (Å²) >= 11 is 0. The van der Waals surface area contributed by atoms with Crippen molar-refractivity contribution >= 4 is 41.6 Å². The molecular weight excluding hydrogens is 470 g/mol. The number of nitrogens with zero attached hydrogens (tertiary/aromatic N) is 1. The highest BCUT2D eigenvalue weighted by Crippen LogP contribution is 2.07. The van der Waals surface area contributed by atoms with Crippen LogP contribution in [0.2, 0.25) is 0 Å². The number of aliphatic imine (C=N–C) groups is 1. The van der Waals surface area contributed by atoms with E-state index >= 15 is 0 Å². The van der Waals surface area contributed by atoms with Crippen molar-refractivity contribution in [3.8, 4) is 0 Å². The van der Waals surface area contributed by atoms with E-state index < -0.39 is 78.6 Å². The molecule has 0 saturated heterocycles. The van der Waals surface area contributed by atoms with E-state index in [1.807, 2.05) is 0 Å². The van der Waals surface area contributed by atoms with Crippen LogP contribution in [0.5, 0.6) is 0 Å². The molecule has 0 aromatic rings. The highest BCUT2D eigenvalue weighted by atomic mass is 16.4. The Bertz CT molecular complexity index is 827. The van der Waals surface area contributed by atoms with Gasteiger partial charge in [0.15, 0.2) is 5.96 Å². The van der Waals surface area contributed by atoms with E-state index in [1.165, 1.54) is 0 Å². The van der Waals surface area contributed by atoms with Crippen molar-refractivity contribution in [1.29, 1.82) is 0 Å². The molecule has 4 atom stereocenters. The van der Waals surface area contributed by atoms with E-state index in [4.69, 9.17) is 32.5 Å². The molecule has 0 aromatic carbocycles. The lowest BCUT2D eigenvalue weighted by molar-refractivity contribution is -0.147. The van der Waals surface area contributed by atoms with Gasteiger partial charge in [-0.3, -0.25) is 29.0 Å². The molecule has 198 valence electrons. The summed E-state index contributed by atoms with van der Waals surface area (Å²) in [6, 6.07) is -5.73. The number of amides is 3. The lowest BCUT2D eigenvalue weighted by Gasteiger charge is -2.26. The van der Waals surface area contributed by atoms with Gasteiger partial charge in [0.1, 0.15) is 18.1 Å². The van der Waals surface area contributed by atoms with Gasteiger partial charge >= 0.3 is 17.9 Å². The zero-order valence-corrected chi connectivity index (χ0v) is 19.4. The number of hydrogen-bond donors (Lipinski definition) is 9. The van der Waals surface area contributed by atoms with Crippen LogP contribution >= 0.6 is 0 Å². The lowest BCUT2D eigenvalue weighted by Crippen LogP contribution is -2.58. The first kappa shape index (κ1) is 31.0. The third-order valence-corrected chi connectivity index (χ3v) is 4.55. The van der Waals surface area contributed by atoms with Gasteiger partial charge in [-0.25, -0.2) is 4.79 Å². The molecule has 35 heavy (non-hydrogen) atoms. The monoisotopic (exact) mass is 503 g/mol. The molecule has 0 rings (SSSR count). The summed E-state index contributed by atoms with van der Waals surface area (Å²) in [5, 5.41) is 33.6. The van der Waals surface area contributed by atoms with E-state index in [0.717, 1.165) is 0 Å². The number of carboxylic acid groups (broad SMARTS) is 3. The fourth-order valence-electron chi connectivity index (χ4n) is 2.76. The first-order valence-electron chi connectivity index (χ1n) is 10.5. The predicted molar refractivity (Wildman–Crippen MR) is 121 cm³/mol. The van der Waals surface area contributed by atoms with Crippen LogP contribution in [0.4, 0.5) is 0 Å². The van der Waals surface area contributed by atoms with Crippen LogP contribution < -0.4 is 33.2 Å². The molecule has 0 bridgehead atoms. The lowest BCUT2D eigenvalue weighted by atomic mass is 10.0. The van der Waals surface area contributed by atoms with E-state index in [2.05, 4.69) is 20.9 Å². The van der Waals surface area contributed by atoms with Crippen molar-refractivity contribution in [2.24, 2.45) is 28.1 Å². The highest BCUT2D eigenvalue weighted by Gasteiger charge is 2.32. The highest BCUT2D eigenvalue weighted by molar-refractivity contribution is 5.95. The van der Waals surface area contributed by atoms with Gasteiger partial charge in [-0.05, 0) is 18.8 Å². The SMILES string of the molecule is CC(C)C(NC(=O)C(CCCN=C(N)N)NC(=O)C(N)CC(=O)O)C(=O)NC(CC(=O)O)C(=O)O. The molecule has 0 fully saturated rings. The topological polar surface area (TPSA) is 290 Å². The summed E-state index contributed by atoms with van der Waals surface area (Å²) in [6.07, 6.45) is -1.38. The van der Waals surface area contributed by atoms with Crippen LogP contribution in [0, 0.1) is 5.92 Å². The summed E-state index contributed by atoms with van der Waals surface area (Å²) in [6.45, 7) is 3.20. The van der Waals surface area contributed by atoms with Crippen LogP contribution in [-0.4, -0.2) is 87.6 Å². The number of aliphatic carboxylic acids is 3. The van der Waals surface area contributed by atoms with Crippen molar-refractivity contribution < 1.29 is 44.1 Å². The maximum Gasteiger partial charge on any atom is 0.326 e. The molecule has 3 amide bonds. The Hall–Kier alpha value is -3.95. The summed E-state index contributed by atoms with van der Waals surface area (Å²) in [5.74, 6) is -7.83. The van der Waals surface area contributed by atoms with Crippen molar-refractivity contribution in [1.82, 2.24) is 16.0 Å². The Kier molecular flexibility index (Phi) is 13.4. The smallest absolute Gasteiger partial charge is 0.326 e. The van der Waals surface area contributed by atoms with Gasteiger partial charge in [0.05, 0.1) is 18.9 Å². The Balaban J connectivity index is 5.56. The zero-order chi connectivity index (χ0) is 27.3. The van der Waals surface area contributed by atoms with Gasteiger partial charge in [0.25, 0.3) is 0 Å². The summed E-state index contributed by atoms with van der Waals surface area (Å²) in [5.41, 5.74) is 16.0. The van der Waals surface area contributed by atoms with Gasteiger partial charge in [-0.1, -0.05) is 13.8 Å². The third kappa shape index (κ3) is 12.8. The molecule has 0 saturated carbocycles. The van der Waals surface area contributed by atoms with E-state index in [0.29, 0.717) is 0 Å². The summed E-state index contributed by atoms with van der Waals surface area (Å²) in [7, 11) is 0. The van der Waals surface area contributed by atoms with E-state index in [1.54, 1.807) is 13.8 Å². The standard InChI is InChI=1S/C19H33N7O9/c1-8(2)14(17(33)25-11(18(34)35)7-13(29)30)26-16(32)10(4-3-5-23-19(21)22)24-15(31)9(20)6-12(27)28/h8-11,14H,3-7,20H2,1-2H3,(H,24,31)(H,25,33)(H,26,32)(H,27,28)(H,29,30)(H,34,35)(H4,21,22,23). The average Bonchev–Trinajstić information content (AvgIpc) is 2.71. The van der Waals surface area contributed by atoms with Crippen LogP contribution in [0.1, 0.15) is 39.5 Å². The fraction of sp³-hybridized carbons (Fsp3) is 0.632. The Morgan fingerprint density at radius 1 is 0.800 bits per heavy atom. The first-order chi connectivity index (χ1) is 16.1. The maximum atomic E-state index is 12.9. The third-order valence-electron chi connectivity index (χ3n) is 4.55. The minimum Gasteiger partial charge on any atom is -0.481 e. The van der Waals surface area contributed by atoms with Crippen molar-refractivity contribution in [3.63, 3.8) is 0 Å². The van der Waals surface area contributed by atoms with Gasteiger partial charge in [0, 0.05) is 6.54 Å². The second-order valence-corrected chi connectivity index (χ2v) is 7.94. The Morgan fingerprint density at radius 2 is 1.34 bits per heavy atom. The molecule has 16 heteroatoms. The quantitative estimate of drug-likeness (QED) is 0.0563. The zero-order valence-electron chi connectivity index (χ0n) is 19.4. The van der Waals surface area contributed by atoms with Crippen LogP contribution in [-0.2, 0) is 28.8 Å².